The summed E-state index contributed by atoms with van der Waals surface area (Å²) in [6.45, 7) is 1.75. The van der Waals surface area contributed by atoms with Crippen molar-refractivity contribution in [3.8, 4) is 0 Å². The van der Waals surface area contributed by atoms with Crippen molar-refractivity contribution in [3.63, 3.8) is 0 Å². The summed E-state index contributed by atoms with van der Waals surface area (Å²) in [7, 11) is 2.12. The van der Waals surface area contributed by atoms with Crippen LogP contribution in [0.25, 0.3) is 0 Å². The van der Waals surface area contributed by atoms with Gasteiger partial charge in [-0.25, -0.2) is 12.7 Å². The molecule has 134 valence electrons. The summed E-state index contributed by atoms with van der Waals surface area (Å²) in [6.07, 6.45) is 2.27. The van der Waals surface area contributed by atoms with Gasteiger partial charge in [0.25, 0.3) is 0 Å². The topological polar surface area (TPSA) is 60.9 Å². The van der Waals surface area contributed by atoms with E-state index in [9.17, 15) is 13.2 Å². The van der Waals surface area contributed by atoms with Crippen LogP contribution in [0.4, 0.5) is 0 Å². The lowest BCUT2D eigenvalue weighted by Crippen LogP contribution is -2.46. The summed E-state index contributed by atoms with van der Waals surface area (Å²) >= 11 is 0. The number of nitrogens with zero attached hydrogens (tertiary/aromatic N) is 3. The molecule has 1 aromatic rings. The molecule has 0 spiro atoms. The lowest BCUT2D eigenvalue weighted by atomic mass is 9.94. The van der Waals surface area contributed by atoms with Crippen LogP contribution in [0.3, 0.4) is 0 Å². The number of rotatable bonds is 6. The van der Waals surface area contributed by atoms with Gasteiger partial charge in [-0.3, -0.25) is 9.69 Å². The minimum atomic E-state index is -3.24. The van der Waals surface area contributed by atoms with Gasteiger partial charge in [0.15, 0.2) is 0 Å². The molecule has 0 bridgehead atoms. The van der Waals surface area contributed by atoms with Gasteiger partial charge < -0.3 is 4.90 Å². The summed E-state index contributed by atoms with van der Waals surface area (Å²) in [5, 5.41) is 0. The van der Waals surface area contributed by atoms with Crippen molar-refractivity contribution in [2.45, 2.75) is 25.4 Å². The van der Waals surface area contributed by atoms with Gasteiger partial charge in [-0.1, -0.05) is 24.3 Å². The Labute approximate surface area is 145 Å². The van der Waals surface area contributed by atoms with E-state index in [1.54, 1.807) is 11.9 Å². The van der Waals surface area contributed by atoms with Gasteiger partial charge in [0.1, 0.15) is 0 Å². The predicted molar refractivity (Wildman–Crippen MR) is 95.1 cm³/mol. The third-order valence-electron chi connectivity index (χ3n) is 4.73. The normalized spacial score (nSPS) is 18.5. The number of sulfonamides is 1. The van der Waals surface area contributed by atoms with E-state index >= 15 is 0 Å². The first-order valence-electron chi connectivity index (χ1n) is 8.10. The fraction of sp³-hybridized carbons (Fsp3) is 0.588. The van der Waals surface area contributed by atoms with Crippen molar-refractivity contribution in [3.05, 3.63) is 35.4 Å². The Morgan fingerprint density at radius 3 is 2.50 bits per heavy atom. The summed E-state index contributed by atoms with van der Waals surface area (Å²) in [5.41, 5.74) is 2.69. The van der Waals surface area contributed by atoms with Crippen molar-refractivity contribution < 1.29 is 13.2 Å². The van der Waals surface area contributed by atoms with Crippen molar-refractivity contribution in [2.75, 3.05) is 40.5 Å². The average molecular weight is 353 g/mol. The Balaban J connectivity index is 1.90. The molecule has 1 heterocycles. The van der Waals surface area contributed by atoms with Crippen LogP contribution in [0.5, 0.6) is 0 Å². The molecule has 6 nitrogen and oxygen atoms in total. The van der Waals surface area contributed by atoms with Gasteiger partial charge in [-0.2, -0.15) is 0 Å². The molecule has 1 atom stereocenters. The van der Waals surface area contributed by atoms with Crippen LogP contribution in [0.2, 0.25) is 0 Å². The first kappa shape index (κ1) is 18.9. The molecule has 1 aromatic carbocycles. The summed E-state index contributed by atoms with van der Waals surface area (Å²) in [6, 6.07) is 8.69. The number of carbonyl (C=O) groups is 1. The van der Waals surface area contributed by atoms with Crippen molar-refractivity contribution in [2.24, 2.45) is 0 Å². The third-order valence-corrected chi connectivity index (χ3v) is 6.05. The Hall–Kier alpha value is -1.44. The number of hydrogen-bond acceptors (Lipinski definition) is 4. The molecule has 0 aliphatic carbocycles. The zero-order valence-electron chi connectivity index (χ0n) is 14.9. The van der Waals surface area contributed by atoms with Gasteiger partial charge in [0.2, 0.25) is 15.9 Å². The number of carbonyl (C=O) groups excluding carboxylic acids is 1. The van der Waals surface area contributed by atoms with Crippen LogP contribution in [0.1, 0.15) is 17.5 Å². The smallest absolute Gasteiger partial charge is 0.223 e. The van der Waals surface area contributed by atoms with Crippen LogP contribution in [-0.4, -0.2) is 75.0 Å². The fourth-order valence-electron chi connectivity index (χ4n) is 2.95. The molecule has 1 aliphatic rings. The van der Waals surface area contributed by atoms with Crippen molar-refractivity contribution in [1.29, 1.82) is 0 Å². The zero-order valence-corrected chi connectivity index (χ0v) is 15.7. The lowest BCUT2D eigenvalue weighted by molar-refractivity contribution is -0.130. The van der Waals surface area contributed by atoms with E-state index in [1.807, 2.05) is 0 Å². The van der Waals surface area contributed by atoms with Crippen LogP contribution >= 0.6 is 0 Å². The molecule has 0 saturated heterocycles. The molecular formula is C17H27N3O3S. The van der Waals surface area contributed by atoms with Crippen LogP contribution < -0.4 is 0 Å². The highest BCUT2D eigenvalue weighted by Crippen LogP contribution is 2.22. The molecule has 0 fully saturated rings. The van der Waals surface area contributed by atoms with Gasteiger partial charge in [-0.15, -0.1) is 0 Å². The molecule has 2 rings (SSSR count). The van der Waals surface area contributed by atoms with E-state index in [1.165, 1.54) is 22.5 Å². The maximum atomic E-state index is 12.3. The second-order valence-electron chi connectivity index (χ2n) is 6.65. The molecule has 1 amide bonds. The second kappa shape index (κ2) is 7.63. The standard InChI is InChI=1S/C17H27N3O3S/c1-18-12-15-8-6-5-7-14(15)11-16(18)13-19(2)17(21)9-10-20(3)24(4,22)23/h5-8,16H,9-13H2,1-4H3/t16-/m1/s1. The molecule has 0 saturated carbocycles. The highest BCUT2D eigenvalue weighted by Gasteiger charge is 2.25. The summed E-state index contributed by atoms with van der Waals surface area (Å²) < 4.78 is 24.0. The second-order valence-corrected chi connectivity index (χ2v) is 8.74. The van der Waals surface area contributed by atoms with Crippen molar-refractivity contribution in [1.82, 2.24) is 14.1 Å². The Kier molecular flexibility index (Phi) is 6.01. The van der Waals surface area contributed by atoms with Crippen LogP contribution in [0, 0.1) is 0 Å². The number of amides is 1. The molecule has 0 aromatic heterocycles. The lowest BCUT2D eigenvalue weighted by Gasteiger charge is -2.36. The molecule has 0 unspecified atom stereocenters. The molecule has 0 N–H and O–H groups in total. The minimum absolute atomic E-state index is 0.0299. The summed E-state index contributed by atoms with van der Waals surface area (Å²) in [5.74, 6) is -0.0299. The fourth-order valence-corrected chi connectivity index (χ4v) is 3.37. The zero-order chi connectivity index (χ0) is 17.9. The van der Waals surface area contributed by atoms with Gasteiger partial charge in [0, 0.05) is 46.2 Å². The summed E-state index contributed by atoms with van der Waals surface area (Å²) in [4.78, 5) is 16.3. The molecule has 0 radical (unpaired) electrons. The molecule has 7 heteroatoms. The Bertz CT molecular complexity index is 690. The molecule has 1 aliphatic heterocycles. The first-order valence-corrected chi connectivity index (χ1v) is 9.95. The number of benzene rings is 1. The van der Waals surface area contributed by atoms with Gasteiger partial charge >= 0.3 is 0 Å². The monoisotopic (exact) mass is 353 g/mol. The molecule has 24 heavy (non-hydrogen) atoms. The first-order chi connectivity index (χ1) is 11.2. The highest BCUT2D eigenvalue weighted by molar-refractivity contribution is 7.88. The van der Waals surface area contributed by atoms with E-state index in [-0.39, 0.29) is 24.9 Å². The minimum Gasteiger partial charge on any atom is -0.344 e. The quantitative estimate of drug-likeness (QED) is 0.758. The highest BCUT2D eigenvalue weighted by atomic mass is 32.2. The largest absolute Gasteiger partial charge is 0.344 e. The van der Waals surface area contributed by atoms with Gasteiger partial charge in [-0.05, 0) is 24.6 Å². The predicted octanol–water partition coefficient (Wildman–Crippen LogP) is 0.783. The maximum Gasteiger partial charge on any atom is 0.223 e. The number of hydrogen-bond donors (Lipinski definition) is 0. The Morgan fingerprint density at radius 2 is 1.88 bits per heavy atom. The number of fused-ring (bicyclic) bond motifs is 1. The van der Waals surface area contributed by atoms with Crippen LogP contribution in [0.15, 0.2) is 24.3 Å². The molecular weight excluding hydrogens is 326 g/mol. The third kappa shape index (κ3) is 4.78. The van der Waals surface area contributed by atoms with E-state index in [0.717, 1.165) is 19.2 Å². The maximum absolute atomic E-state index is 12.3. The average Bonchev–Trinajstić information content (AvgIpc) is 2.51. The SMILES string of the molecule is CN(C[C@H]1Cc2ccccc2CN1C)C(=O)CCN(C)S(C)(=O)=O. The number of likely N-dealkylation sites (N-methyl/N-ethyl adjacent to an activating group) is 2. The van der Waals surface area contributed by atoms with Crippen LogP contribution in [-0.2, 0) is 27.8 Å². The van der Waals surface area contributed by atoms with E-state index in [0.29, 0.717) is 6.54 Å². The van der Waals surface area contributed by atoms with Gasteiger partial charge in [0.05, 0.1) is 6.26 Å². The van der Waals surface area contributed by atoms with Crippen molar-refractivity contribution >= 4 is 15.9 Å². The Morgan fingerprint density at radius 1 is 1.25 bits per heavy atom. The van der Waals surface area contributed by atoms with E-state index in [2.05, 4.69) is 36.2 Å². The van der Waals surface area contributed by atoms with E-state index < -0.39 is 10.0 Å². The van der Waals surface area contributed by atoms with E-state index in [4.69, 9.17) is 0 Å².